The summed E-state index contributed by atoms with van der Waals surface area (Å²) in [5, 5.41) is 6.57. The number of methoxy groups -OCH3 is 2. The SMILES string of the molecule is CCC(NC(=O)NCCc1ccc(OC)c(OC)c1)c1ccc(Cl)cc1. The van der Waals surface area contributed by atoms with Crippen LogP contribution in [0.15, 0.2) is 42.5 Å². The van der Waals surface area contributed by atoms with Crippen molar-refractivity contribution in [2.75, 3.05) is 20.8 Å². The van der Waals surface area contributed by atoms with Crippen LogP contribution in [-0.4, -0.2) is 26.8 Å². The van der Waals surface area contributed by atoms with E-state index in [2.05, 4.69) is 10.6 Å². The van der Waals surface area contributed by atoms with Crippen LogP contribution in [-0.2, 0) is 6.42 Å². The summed E-state index contributed by atoms with van der Waals surface area (Å²) < 4.78 is 10.5. The summed E-state index contributed by atoms with van der Waals surface area (Å²) in [4.78, 5) is 12.2. The highest BCUT2D eigenvalue weighted by atomic mass is 35.5. The van der Waals surface area contributed by atoms with Gasteiger partial charge in [-0.1, -0.05) is 36.7 Å². The lowest BCUT2D eigenvalue weighted by Gasteiger charge is -2.18. The normalized spacial score (nSPS) is 11.5. The molecule has 2 aromatic carbocycles. The van der Waals surface area contributed by atoms with E-state index in [0.29, 0.717) is 29.5 Å². The molecule has 2 rings (SSSR count). The first-order valence-corrected chi connectivity index (χ1v) is 8.96. The van der Waals surface area contributed by atoms with E-state index in [1.807, 2.05) is 49.4 Å². The number of nitrogens with one attached hydrogen (secondary N) is 2. The lowest BCUT2D eigenvalue weighted by Crippen LogP contribution is -2.38. The van der Waals surface area contributed by atoms with E-state index in [9.17, 15) is 4.79 Å². The van der Waals surface area contributed by atoms with Gasteiger partial charge in [-0.15, -0.1) is 0 Å². The lowest BCUT2D eigenvalue weighted by atomic mass is 10.1. The van der Waals surface area contributed by atoms with Crippen molar-refractivity contribution in [2.45, 2.75) is 25.8 Å². The summed E-state index contributed by atoms with van der Waals surface area (Å²) in [6.45, 7) is 2.56. The van der Waals surface area contributed by atoms with E-state index in [4.69, 9.17) is 21.1 Å². The average Bonchev–Trinajstić information content (AvgIpc) is 2.66. The van der Waals surface area contributed by atoms with Gasteiger partial charge in [0.2, 0.25) is 0 Å². The van der Waals surface area contributed by atoms with Crippen molar-refractivity contribution in [1.82, 2.24) is 10.6 Å². The number of hydrogen-bond donors (Lipinski definition) is 2. The Morgan fingerprint density at radius 3 is 2.38 bits per heavy atom. The first-order valence-electron chi connectivity index (χ1n) is 8.58. The highest BCUT2D eigenvalue weighted by molar-refractivity contribution is 6.30. The van der Waals surface area contributed by atoms with Gasteiger partial charge in [-0.3, -0.25) is 0 Å². The van der Waals surface area contributed by atoms with Crippen LogP contribution in [0.3, 0.4) is 0 Å². The van der Waals surface area contributed by atoms with Crippen molar-refractivity contribution in [3.8, 4) is 11.5 Å². The van der Waals surface area contributed by atoms with Crippen molar-refractivity contribution in [3.05, 3.63) is 58.6 Å². The molecule has 2 aromatic rings. The van der Waals surface area contributed by atoms with Gasteiger partial charge >= 0.3 is 6.03 Å². The molecular formula is C20H25ClN2O3. The zero-order valence-electron chi connectivity index (χ0n) is 15.3. The second-order valence-corrected chi connectivity index (χ2v) is 6.29. The molecule has 0 aliphatic rings. The van der Waals surface area contributed by atoms with Crippen LogP contribution in [0.1, 0.15) is 30.5 Å². The maximum Gasteiger partial charge on any atom is 0.315 e. The highest BCUT2D eigenvalue weighted by Crippen LogP contribution is 2.27. The molecule has 2 N–H and O–H groups in total. The maximum absolute atomic E-state index is 12.2. The van der Waals surface area contributed by atoms with Gasteiger partial charge in [-0.05, 0) is 48.2 Å². The van der Waals surface area contributed by atoms with Crippen molar-refractivity contribution in [1.29, 1.82) is 0 Å². The monoisotopic (exact) mass is 376 g/mol. The van der Waals surface area contributed by atoms with Crippen LogP contribution in [0.4, 0.5) is 4.79 Å². The van der Waals surface area contributed by atoms with Crippen molar-refractivity contribution < 1.29 is 14.3 Å². The number of halogens is 1. The van der Waals surface area contributed by atoms with Crippen molar-refractivity contribution >= 4 is 17.6 Å². The van der Waals surface area contributed by atoms with Gasteiger partial charge in [0.05, 0.1) is 20.3 Å². The second kappa shape index (κ2) is 9.92. The van der Waals surface area contributed by atoms with Crippen LogP contribution < -0.4 is 20.1 Å². The van der Waals surface area contributed by atoms with Gasteiger partial charge in [-0.2, -0.15) is 0 Å². The van der Waals surface area contributed by atoms with Crippen LogP contribution in [0.2, 0.25) is 5.02 Å². The molecule has 2 amide bonds. The molecule has 140 valence electrons. The topological polar surface area (TPSA) is 59.6 Å². The Morgan fingerprint density at radius 1 is 1.08 bits per heavy atom. The molecule has 1 atom stereocenters. The molecule has 6 heteroatoms. The molecule has 1 unspecified atom stereocenters. The highest BCUT2D eigenvalue weighted by Gasteiger charge is 2.12. The third-order valence-electron chi connectivity index (χ3n) is 4.13. The number of urea groups is 1. The molecule has 0 aliphatic carbocycles. The Labute approximate surface area is 159 Å². The van der Waals surface area contributed by atoms with Crippen molar-refractivity contribution in [2.24, 2.45) is 0 Å². The number of rotatable bonds is 8. The summed E-state index contributed by atoms with van der Waals surface area (Å²) >= 11 is 5.92. The molecule has 0 radical (unpaired) electrons. The van der Waals surface area contributed by atoms with Crippen LogP contribution >= 0.6 is 11.6 Å². The van der Waals surface area contributed by atoms with E-state index < -0.39 is 0 Å². The molecular weight excluding hydrogens is 352 g/mol. The molecule has 0 aromatic heterocycles. The van der Waals surface area contributed by atoms with E-state index in [1.165, 1.54) is 0 Å². The Balaban J connectivity index is 1.85. The third kappa shape index (κ3) is 5.56. The van der Waals surface area contributed by atoms with Crippen molar-refractivity contribution in [3.63, 3.8) is 0 Å². The molecule has 0 fully saturated rings. The molecule has 0 saturated heterocycles. The minimum Gasteiger partial charge on any atom is -0.493 e. The lowest BCUT2D eigenvalue weighted by molar-refractivity contribution is 0.237. The number of hydrogen-bond acceptors (Lipinski definition) is 3. The molecule has 0 spiro atoms. The largest absolute Gasteiger partial charge is 0.493 e. The number of benzene rings is 2. The fourth-order valence-electron chi connectivity index (χ4n) is 2.68. The minimum absolute atomic E-state index is 0.0478. The molecule has 26 heavy (non-hydrogen) atoms. The van der Waals surface area contributed by atoms with Crippen LogP contribution in [0.25, 0.3) is 0 Å². The Bertz CT molecular complexity index is 719. The van der Waals surface area contributed by atoms with Gasteiger partial charge in [-0.25, -0.2) is 4.79 Å². The summed E-state index contributed by atoms with van der Waals surface area (Å²) in [5.74, 6) is 1.37. The first-order chi connectivity index (χ1) is 12.6. The minimum atomic E-state index is -0.188. The predicted octanol–water partition coefficient (Wildman–Crippen LogP) is 4.35. The smallest absolute Gasteiger partial charge is 0.315 e. The number of carbonyl (C=O) groups excluding carboxylic acids is 1. The summed E-state index contributed by atoms with van der Waals surface area (Å²) in [6.07, 6.45) is 1.50. The third-order valence-corrected chi connectivity index (χ3v) is 4.39. The first kappa shape index (κ1) is 19.9. The predicted molar refractivity (Wildman–Crippen MR) is 104 cm³/mol. The Morgan fingerprint density at radius 2 is 1.77 bits per heavy atom. The number of amides is 2. The zero-order chi connectivity index (χ0) is 18.9. The standard InChI is InChI=1S/C20H25ClN2O3/c1-4-17(15-6-8-16(21)9-7-15)23-20(24)22-12-11-14-5-10-18(25-2)19(13-14)26-3/h5-10,13,17H,4,11-12H2,1-3H3,(H2,22,23,24). The van der Waals surface area contributed by atoms with Crippen LogP contribution in [0.5, 0.6) is 11.5 Å². The van der Waals surface area contributed by atoms with Gasteiger partial charge in [0.25, 0.3) is 0 Å². The fraction of sp³-hybridized carbons (Fsp3) is 0.350. The summed E-state index contributed by atoms with van der Waals surface area (Å²) in [6, 6.07) is 13.0. The number of carbonyl (C=O) groups is 1. The molecule has 0 heterocycles. The Hall–Kier alpha value is -2.40. The average molecular weight is 377 g/mol. The quantitative estimate of drug-likeness (QED) is 0.720. The van der Waals surface area contributed by atoms with E-state index in [1.54, 1.807) is 14.2 Å². The Kier molecular flexibility index (Phi) is 7.60. The van der Waals surface area contributed by atoms with E-state index in [0.717, 1.165) is 17.5 Å². The fourth-order valence-corrected chi connectivity index (χ4v) is 2.81. The molecule has 0 saturated carbocycles. The van der Waals surface area contributed by atoms with Gasteiger partial charge in [0.1, 0.15) is 0 Å². The van der Waals surface area contributed by atoms with Gasteiger partial charge in [0, 0.05) is 11.6 Å². The van der Waals surface area contributed by atoms with E-state index in [-0.39, 0.29) is 12.1 Å². The van der Waals surface area contributed by atoms with Crippen LogP contribution in [0, 0.1) is 0 Å². The molecule has 5 nitrogen and oxygen atoms in total. The molecule has 0 bridgehead atoms. The van der Waals surface area contributed by atoms with Gasteiger partial charge < -0.3 is 20.1 Å². The summed E-state index contributed by atoms with van der Waals surface area (Å²) in [5.41, 5.74) is 2.10. The zero-order valence-corrected chi connectivity index (χ0v) is 16.1. The van der Waals surface area contributed by atoms with E-state index >= 15 is 0 Å². The molecule has 0 aliphatic heterocycles. The second-order valence-electron chi connectivity index (χ2n) is 5.85. The maximum atomic E-state index is 12.2. The summed E-state index contributed by atoms with van der Waals surface area (Å²) in [7, 11) is 3.21. The number of ether oxygens (including phenoxy) is 2. The van der Waals surface area contributed by atoms with Gasteiger partial charge in [0.15, 0.2) is 11.5 Å².